The number of carbonyl (C=O) groups is 4. The van der Waals surface area contributed by atoms with Crippen LogP contribution in [0.25, 0.3) is 0 Å². The van der Waals surface area contributed by atoms with Crippen LogP contribution in [0.4, 0.5) is 9.18 Å². The Bertz CT molecular complexity index is 773. The second-order valence-electron chi connectivity index (χ2n) is 7.52. The molecule has 1 N–H and O–H groups in total. The van der Waals surface area contributed by atoms with Crippen molar-refractivity contribution in [2.24, 2.45) is 0 Å². The van der Waals surface area contributed by atoms with E-state index in [2.05, 4.69) is 0 Å². The predicted octanol–water partition coefficient (Wildman–Crippen LogP) is 2.51. The van der Waals surface area contributed by atoms with Crippen molar-refractivity contribution in [3.63, 3.8) is 0 Å². The number of carboxylic acid groups (broad SMARTS) is 1. The third-order valence-corrected chi connectivity index (χ3v) is 4.31. The van der Waals surface area contributed by atoms with Crippen LogP contribution in [0.5, 0.6) is 0 Å². The fourth-order valence-corrected chi connectivity index (χ4v) is 3.15. The van der Waals surface area contributed by atoms with Gasteiger partial charge in [0.15, 0.2) is 0 Å². The summed E-state index contributed by atoms with van der Waals surface area (Å²) in [4.78, 5) is 53.3. The molecule has 1 aliphatic heterocycles. The van der Waals surface area contributed by atoms with Crippen LogP contribution in [0.1, 0.15) is 45.6 Å². The normalized spacial score (nSPS) is 15.5. The summed E-state index contributed by atoms with van der Waals surface area (Å²) in [6.07, 6.45) is -1.90. The van der Waals surface area contributed by atoms with Crippen molar-refractivity contribution in [2.45, 2.75) is 58.0 Å². The molecule has 1 aliphatic rings. The van der Waals surface area contributed by atoms with Gasteiger partial charge in [-0.15, -0.1) is 5.06 Å². The summed E-state index contributed by atoms with van der Waals surface area (Å²) in [5.74, 6) is -2.73. The average molecular weight is 394 g/mol. The zero-order valence-electron chi connectivity index (χ0n) is 16.0. The second kappa shape index (κ2) is 8.37. The van der Waals surface area contributed by atoms with Crippen molar-refractivity contribution in [1.29, 1.82) is 0 Å². The molecule has 0 aromatic heterocycles. The van der Waals surface area contributed by atoms with Gasteiger partial charge in [-0.25, -0.2) is 14.0 Å². The summed E-state index contributed by atoms with van der Waals surface area (Å²) in [7, 11) is 0. The number of amides is 3. The van der Waals surface area contributed by atoms with Gasteiger partial charge >= 0.3 is 12.1 Å². The third kappa shape index (κ3) is 5.05. The maximum absolute atomic E-state index is 14.1. The number of halogens is 1. The first-order chi connectivity index (χ1) is 13.0. The minimum atomic E-state index is -1.28. The summed E-state index contributed by atoms with van der Waals surface area (Å²) >= 11 is 0. The Balaban J connectivity index is 2.25. The van der Waals surface area contributed by atoms with Crippen LogP contribution >= 0.6 is 0 Å². The predicted molar refractivity (Wildman–Crippen MR) is 95.3 cm³/mol. The molecule has 2 rings (SSSR count). The lowest BCUT2D eigenvalue weighted by Crippen LogP contribution is -2.53. The number of hydroxylamine groups is 2. The molecular formula is C19H23FN2O6. The van der Waals surface area contributed by atoms with Gasteiger partial charge in [-0.05, 0) is 38.8 Å². The van der Waals surface area contributed by atoms with Gasteiger partial charge in [-0.3, -0.25) is 14.5 Å². The first kappa shape index (κ1) is 21.3. The lowest BCUT2D eigenvalue weighted by molar-refractivity contribution is -0.198. The number of benzene rings is 1. The van der Waals surface area contributed by atoms with Gasteiger partial charge in [0.1, 0.15) is 5.82 Å². The van der Waals surface area contributed by atoms with Crippen LogP contribution in [-0.2, 0) is 25.6 Å². The standard InChI is InChI=1S/C19H23FN2O6/c1-19(2,3)21(18(26)27)13(10-12-6-4-5-7-14(12)20)11-17(25)28-22-15(23)8-9-16(22)24/h4-7,13H,8-11H2,1-3H3,(H,26,27)/t13-/m1/s1. The summed E-state index contributed by atoms with van der Waals surface area (Å²) in [5, 5.41) is 10.1. The molecule has 0 aliphatic carbocycles. The zero-order chi connectivity index (χ0) is 21.1. The molecule has 0 unspecified atom stereocenters. The first-order valence-corrected chi connectivity index (χ1v) is 8.83. The lowest BCUT2D eigenvalue weighted by Gasteiger charge is -2.39. The van der Waals surface area contributed by atoms with Crippen molar-refractivity contribution in [1.82, 2.24) is 9.96 Å². The van der Waals surface area contributed by atoms with E-state index in [0.29, 0.717) is 5.06 Å². The monoisotopic (exact) mass is 394 g/mol. The quantitative estimate of drug-likeness (QED) is 0.744. The topological polar surface area (TPSA) is 104 Å². The van der Waals surface area contributed by atoms with E-state index in [1.807, 2.05) is 0 Å². The van der Waals surface area contributed by atoms with Gasteiger partial charge < -0.3 is 9.94 Å². The molecular weight excluding hydrogens is 371 g/mol. The molecule has 8 nitrogen and oxygen atoms in total. The van der Waals surface area contributed by atoms with Gasteiger partial charge in [-0.1, -0.05) is 18.2 Å². The fraction of sp³-hybridized carbons (Fsp3) is 0.474. The van der Waals surface area contributed by atoms with E-state index < -0.39 is 47.7 Å². The van der Waals surface area contributed by atoms with Gasteiger partial charge in [0.25, 0.3) is 11.8 Å². The molecule has 1 saturated heterocycles. The highest BCUT2D eigenvalue weighted by atomic mass is 19.1. The van der Waals surface area contributed by atoms with Crippen LogP contribution in [0.2, 0.25) is 0 Å². The van der Waals surface area contributed by atoms with E-state index in [0.717, 1.165) is 4.90 Å². The highest BCUT2D eigenvalue weighted by Gasteiger charge is 2.37. The average Bonchev–Trinajstić information content (AvgIpc) is 2.87. The number of carbonyl (C=O) groups excluding carboxylic acids is 3. The molecule has 1 atom stereocenters. The number of nitrogens with zero attached hydrogens (tertiary/aromatic N) is 2. The maximum atomic E-state index is 14.1. The molecule has 3 amide bonds. The van der Waals surface area contributed by atoms with Crippen molar-refractivity contribution >= 4 is 23.9 Å². The summed E-state index contributed by atoms with van der Waals surface area (Å²) in [6.45, 7) is 4.94. The molecule has 0 radical (unpaired) electrons. The summed E-state index contributed by atoms with van der Waals surface area (Å²) in [6, 6.07) is 4.90. The van der Waals surface area contributed by atoms with Crippen LogP contribution in [0.15, 0.2) is 24.3 Å². The van der Waals surface area contributed by atoms with E-state index >= 15 is 0 Å². The number of rotatable bonds is 6. The van der Waals surface area contributed by atoms with Gasteiger partial charge in [0.05, 0.1) is 12.5 Å². The fourth-order valence-electron chi connectivity index (χ4n) is 3.15. The SMILES string of the molecule is CC(C)(C)N(C(=O)O)[C@@H](CC(=O)ON1C(=O)CCC1=O)Cc1ccccc1F. The highest BCUT2D eigenvalue weighted by Crippen LogP contribution is 2.24. The maximum Gasteiger partial charge on any atom is 0.408 e. The molecule has 0 bridgehead atoms. The number of imide groups is 1. The molecule has 0 spiro atoms. The molecule has 1 fully saturated rings. The molecule has 0 saturated carbocycles. The minimum absolute atomic E-state index is 0.0476. The van der Waals surface area contributed by atoms with E-state index in [9.17, 15) is 28.7 Å². The number of hydrogen-bond acceptors (Lipinski definition) is 5. The van der Waals surface area contributed by atoms with E-state index in [1.165, 1.54) is 18.2 Å². The van der Waals surface area contributed by atoms with Crippen LogP contribution in [0.3, 0.4) is 0 Å². The molecule has 9 heteroatoms. The Morgan fingerprint density at radius 1 is 1.21 bits per heavy atom. The molecule has 1 heterocycles. The first-order valence-electron chi connectivity index (χ1n) is 8.83. The highest BCUT2D eigenvalue weighted by molar-refractivity contribution is 6.01. The van der Waals surface area contributed by atoms with E-state index in [1.54, 1.807) is 26.8 Å². The van der Waals surface area contributed by atoms with Gasteiger partial charge in [-0.2, -0.15) is 0 Å². The molecule has 152 valence electrons. The Morgan fingerprint density at radius 3 is 2.29 bits per heavy atom. The van der Waals surface area contributed by atoms with Crippen molar-refractivity contribution in [3.8, 4) is 0 Å². The second-order valence-corrected chi connectivity index (χ2v) is 7.52. The summed E-state index contributed by atoms with van der Waals surface area (Å²) in [5.41, 5.74) is -0.648. The Morgan fingerprint density at radius 2 is 1.79 bits per heavy atom. The molecule has 1 aromatic carbocycles. The van der Waals surface area contributed by atoms with Crippen LogP contribution in [-0.4, -0.2) is 50.5 Å². The lowest BCUT2D eigenvalue weighted by atomic mass is 9.96. The number of hydrogen-bond donors (Lipinski definition) is 1. The smallest absolute Gasteiger partial charge is 0.408 e. The van der Waals surface area contributed by atoms with Crippen molar-refractivity contribution in [2.75, 3.05) is 0 Å². The van der Waals surface area contributed by atoms with Crippen LogP contribution < -0.4 is 0 Å². The molecule has 28 heavy (non-hydrogen) atoms. The summed E-state index contributed by atoms with van der Waals surface area (Å²) < 4.78 is 14.1. The largest absolute Gasteiger partial charge is 0.465 e. The van der Waals surface area contributed by atoms with Crippen molar-refractivity contribution < 1.29 is 33.5 Å². The Labute approximate surface area is 161 Å². The van der Waals surface area contributed by atoms with E-state index in [4.69, 9.17) is 4.84 Å². The molecule has 1 aromatic rings. The van der Waals surface area contributed by atoms with Gasteiger partial charge in [0, 0.05) is 18.4 Å². The third-order valence-electron chi connectivity index (χ3n) is 4.31. The van der Waals surface area contributed by atoms with Gasteiger partial charge in [0.2, 0.25) is 0 Å². The van der Waals surface area contributed by atoms with Crippen LogP contribution in [0, 0.1) is 5.82 Å². The zero-order valence-corrected chi connectivity index (χ0v) is 16.0. The van der Waals surface area contributed by atoms with E-state index in [-0.39, 0.29) is 24.8 Å². The Hall–Kier alpha value is -2.97. The Kier molecular flexibility index (Phi) is 6.37. The minimum Gasteiger partial charge on any atom is -0.465 e. The van der Waals surface area contributed by atoms with Crippen molar-refractivity contribution in [3.05, 3.63) is 35.6 Å².